The maximum Gasteiger partial charge on any atom is 0.338 e. The normalized spacial score (nSPS) is 30.5. The van der Waals surface area contributed by atoms with Gasteiger partial charge in [-0.15, -0.1) is 0 Å². The van der Waals surface area contributed by atoms with Crippen molar-refractivity contribution in [2.24, 2.45) is 11.3 Å². The Balaban J connectivity index is 1.66. The molecule has 1 saturated heterocycles. The summed E-state index contributed by atoms with van der Waals surface area (Å²) in [5.74, 6) is -2.69. The zero-order valence-electron chi connectivity index (χ0n) is 19.1. The number of hydrogen-bond acceptors (Lipinski definition) is 9. The molecule has 0 aromatic heterocycles. The van der Waals surface area contributed by atoms with Crippen LogP contribution < -0.4 is 0 Å². The number of carbonyl (C=O) groups is 1. The molecule has 6 N–H and O–H groups in total. The second-order valence-corrected chi connectivity index (χ2v) is 9.86. The highest BCUT2D eigenvalue weighted by atomic mass is 16.6. The first-order valence-electron chi connectivity index (χ1n) is 11.2. The van der Waals surface area contributed by atoms with Gasteiger partial charge >= 0.3 is 5.97 Å². The molecule has 3 rings (SSSR count). The number of allylic oxidation sites excluding steroid dienone is 2. The maximum atomic E-state index is 12.3. The number of carbonyl (C=O) groups excluding carboxylic acids is 1. The van der Waals surface area contributed by atoms with E-state index in [1.54, 1.807) is 0 Å². The average Bonchev–Trinajstić information content (AvgIpc) is 2.76. The smallest absolute Gasteiger partial charge is 0.338 e. The van der Waals surface area contributed by atoms with Gasteiger partial charge in [0.1, 0.15) is 31.0 Å². The summed E-state index contributed by atoms with van der Waals surface area (Å²) in [5.41, 5.74) is 0.950. The molecule has 33 heavy (non-hydrogen) atoms. The Bertz CT molecular complexity index is 871. The van der Waals surface area contributed by atoms with Gasteiger partial charge in [-0.2, -0.15) is 0 Å². The molecule has 1 aliphatic heterocycles. The number of aliphatic hydroxyl groups is 3. The monoisotopic (exact) mass is 466 g/mol. The Morgan fingerprint density at radius 2 is 1.67 bits per heavy atom. The van der Waals surface area contributed by atoms with Crippen LogP contribution in [0.1, 0.15) is 56.8 Å². The zero-order valence-corrected chi connectivity index (χ0v) is 19.1. The van der Waals surface area contributed by atoms with Crippen LogP contribution in [-0.4, -0.2) is 73.7 Å². The summed E-state index contributed by atoms with van der Waals surface area (Å²) in [5, 5.41) is 59.8. The summed E-state index contributed by atoms with van der Waals surface area (Å²) in [6.07, 6.45) is -0.447. The zero-order chi connectivity index (χ0) is 24.5. The number of rotatable bonds is 6. The molecular formula is C24H34O9. The third kappa shape index (κ3) is 5.60. The Kier molecular flexibility index (Phi) is 7.58. The van der Waals surface area contributed by atoms with Crippen LogP contribution in [0.15, 0.2) is 23.8 Å². The van der Waals surface area contributed by atoms with Crippen molar-refractivity contribution in [3.05, 3.63) is 29.3 Å². The van der Waals surface area contributed by atoms with E-state index in [4.69, 9.17) is 9.47 Å². The van der Waals surface area contributed by atoms with Crippen molar-refractivity contribution in [2.75, 3.05) is 6.61 Å². The lowest BCUT2D eigenvalue weighted by Crippen LogP contribution is -2.59. The predicted molar refractivity (Wildman–Crippen MR) is 118 cm³/mol. The molecule has 0 radical (unpaired) electrons. The SMILES string of the molecule is CC1=CC[C@@H](C(C)(C)C[C@@H]2O[C@H](COC(=O)c3cc(O)c(O)c(O)c3)[C@@H](O)[C@H](O)[C@H]2O)CC1. The summed E-state index contributed by atoms with van der Waals surface area (Å²) in [4.78, 5) is 12.3. The van der Waals surface area contributed by atoms with Gasteiger partial charge in [0.2, 0.25) is 0 Å². The molecule has 184 valence electrons. The average molecular weight is 467 g/mol. The predicted octanol–water partition coefficient (Wildman–Crippen LogP) is 1.97. The summed E-state index contributed by atoms with van der Waals surface area (Å²) in [6.45, 7) is 5.88. The Morgan fingerprint density at radius 3 is 2.24 bits per heavy atom. The van der Waals surface area contributed by atoms with Crippen LogP contribution in [0.2, 0.25) is 0 Å². The minimum atomic E-state index is -1.48. The maximum absolute atomic E-state index is 12.3. The van der Waals surface area contributed by atoms with Gasteiger partial charge in [-0.1, -0.05) is 25.5 Å². The highest BCUT2D eigenvalue weighted by molar-refractivity contribution is 5.91. The van der Waals surface area contributed by atoms with E-state index in [0.29, 0.717) is 12.3 Å². The molecule has 0 bridgehead atoms. The minimum Gasteiger partial charge on any atom is -0.504 e. The molecule has 1 aromatic carbocycles. The standard InChI is InChI=1S/C24H34O9/c1-12-4-6-14(7-5-12)24(2,3)10-17-20(28)22(30)21(29)18(33-17)11-32-23(31)13-8-15(25)19(27)16(26)9-13/h4,8-9,14,17-18,20-22,25-30H,5-7,10-11H2,1-3H3/t14-,17+,18-,20+,21-,22-/m1/s1. The van der Waals surface area contributed by atoms with Gasteiger partial charge in [0.15, 0.2) is 17.2 Å². The van der Waals surface area contributed by atoms with E-state index in [1.165, 1.54) is 5.57 Å². The second kappa shape index (κ2) is 9.89. The summed E-state index contributed by atoms with van der Waals surface area (Å²) < 4.78 is 11.0. The first-order valence-corrected chi connectivity index (χ1v) is 11.2. The van der Waals surface area contributed by atoms with Gasteiger partial charge in [0.05, 0.1) is 11.7 Å². The van der Waals surface area contributed by atoms with E-state index >= 15 is 0 Å². The van der Waals surface area contributed by atoms with Crippen LogP contribution in [0, 0.1) is 11.3 Å². The van der Waals surface area contributed by atoms with Gasteiger partial charge in [0, 0.05) is 0 Å². The number of esters is 1. The van der Waals surface area contributed by atoms with Crippen molar-refractivity contribution in [1.29, 1.82) is 0 Å². The lowest BCUT2D eigenvalue weighted by atomic mass is 9.68. The number of ether oxygens (including phenoxy) is 2. The molecule has 2 aliphatic rings. The molecule has 1 aromatic rings. The molecule has 6 atom stereocenters. The van der Waals surface area contributed by atoms with E-state index < -0.39 is 60.3 Å². The molecule has 0 amide bonds. The molecule has 9 heteroatoms. The van der Waals surface area contributed by atoms with E-state index in [-0.39, 0.29) is 11.0 Å². The number of hydrogen-bond donors (Lipinski definition) is 6. The van der Waals surface area contributed by atoms with Crippen molar-refractivity contribution < 1.29 is 44.9 Å². The minimum absolute atomic E-state index is 0.201. The summed E-state index contributed by atoms with van der Waals surface area (Å²) in [6, 6.07) is 1.86. The number of phenolic OH excluding ortho intramolecular Hbond substituents is 3. The Morgan fingerprint density at radius 1 is 1.06 bits per heavy atom. The van der Waals surface area contributed by atoms with Crippen molar-refractivity contribution in [3.63, 3.8) is 0 Å². The molecule has 1 heterocycles. The molecule has 1 fully saturated rings. The van der Waals surface area contributed by atoms with Gasteiger partial charge < -0.3 is 40.1 Å². The lowest BCUT2D eigenvalue weighted by molar-refractivity contribution is -0.236. The Labute approximate surface area is 192 Å². The fourth-order valence-corrected chi connectivity index (χ4v) is 4.66. The number of phenols is 3. The molecule has 9 nitrogen and oxygen atoms in total. The first kappa shape index (κ1) is 25.3. The largest absolute Gasteiger partial charge is 0.504 e. The van der Waals surface area contributed by atoms with Crippen LogP contribution in [0.4, 0.5) is 0 Å². The third-order valence-corrected chi connectivity index (χ3v) is 6.97. The highest BCUT2D eigenvalue weighted by Gasteiger charge is 2.46. The Hall–Kier alpha value is -2.33. The van der Waals surface area contributed by atoms with Gasteiger partial charge in [-0.05, 0) is 56.1 Å². The van der Waals surface area contributed by atoms with Gasteiger partial charge in [0.25, 0.3) is 0 Å². The lowest BCUT2D eigenvalue weighted by Gasteiger charge is -2.45. The van der Waals surface area contributed by atoms with Crippen LogP contribution in [0.3, 0.4) is 0 Å². The molecule has 1 aliphatic carbocycles. The van der Waals surface area contributed by atoms with Crippen LogP contribution in [0.5, 0.6) is 17.2 Å². The molecular weight excluding hydrogens is 432 g/mol. The van der Waals surface area contributed by atoms with Crippen molar-refractivity contribution >= 4 is 5.97 Å². The number of aliphatic hydroxyl groups excluding tert-OH is 3. The van der Waals surface area contributed by atoms with Crippen LogP contribution in [-0.2, 0) is 9.47 Å². The van der Waals surface area contributed by atoms with E-state index in [9.17, 15) is 35.4 Å². The number of aromatic hydroxyl groups is 3. The van der Waals surface area contributed by atoms with Crippen LogP contribution in [0.25, 0.3) is 0 Å². The van der Waals surface area contributed by atoms with E-state index in [1.807, 2.05) is 0 Å². The van der Waals surface area contributed by atoms with E-state index in [0.717, 1.165) is 31.4 Å². The van der Waals surface area contributed by atoms with Crippen molar-refractivity contribution in [2.45, 2.75) is 77.0 Å². The van der Waals surface area contributed by atoms with Crippen molar-refractivity contribution in [3.8, 4) is 17.2 Å². The fourth-order valence-electron chi connectivity index (χ4n) is 4.66. The fraction of sp³-hybridized carbons (Fsp3) is 0.625. The van der Waals surface area contributed by atoms with Gasteiger partial charge in [-0.3, -0.25) is 0 Å². The third-order valence-electron chi connectivity index (χ3n) is 6.97. The summed E-state index contributed by atoms with van der Waals surface area (Å²) >= 11 is 0. The highest BCUT2D eigenvalue weighted by Crippen LogP contribution is 2.43. The molecule has 0 unspecified atom stereocenters. The first-order chi connectivity index (χ1) is 15.4. The molecule has 0 saturated carbocycles. The van der Waals surface area contributed by atoms with E-state index in [2.05, 4.69) is 26.8 Å². The topological polar surface area (TPSA) is 157 Å². The van der Waals surface area contributed by atoms with Crippen LogP contribution >= 0.6 is 0 Å². The van der Waals surface area contributed by atoms with Crippen molar-refractivity contribution in [1.82, 2.24) is 0 Å². The van der Waals surface area contributed by atoms with Gasteiger partial charge in [-0.25, -0.2) is 4.79 Å². The summed E-state index contributed by atoms with van der Waals surface area (Å²) in [7, 11) is 0. The number of benzene rings is 1. The molecule has 0 spiro atoms. The second-order valence-electron chi connectivity index (χ2n) is 9.86. The quantitative estimate of drug-likeness (QED) is 0.209.